The van der Waals surface area contributed by atoms with Crippen molar-refractivity contribution < 1.29 is 18.8 Å². The number of aromatic nitrogens is 1. The van der Waals surface area contributed by atoms with Crippen LogP contribution >= 0.6 is 0 Å². The fraction of sp³-hybridized carbons (Fsp3) is 0.393. The number of aryl methyl sites for hydroxylation is 1. The molecule has 1 aromatic carbocycles. The van der Waals surface area contributed by atoms with Gasteiger partial charge < -0.3 is 21.3 Å². The van der Waals surface area contributed by atoms with E-state index in [2.05, 4.69) is 15.6 Å². The highest BCUT2D eigenvalue weighted by molar-refractivity contribution is 6.44. The number of nitrogens with one attached hydrogen (secondary N) is 3. The molecule has 5 N–H and O–H groups in total. The zero-order valence-corrected chi connectivity index (χ0v) is 21.8. The van der Waals surface area contributed by atoms with Crippen LogP contribution in [0.25, 0.3) is 0 Å². The lowest BCUT2D eigenvalue weighted by atomic mass is 10.0. The van der Waals surface area contributed by atoms with Gasteiger partial charge in [0.1, 0.15) is 17.6 Å². The fourth-order valence-corrected chi connectivity index (χ4v) is 4.68. The number of hydrogen-bond donors (Lipinski definition) is 4. The maximum Gasteiger partial charge on any atom is 0.267 e. The molecule has 200 valence electrons. The first-order valence-electron chi connectivity index (χ1n) is 12.7. The number of nitrogens with two attached hydrogens (primary N) is 1. The van der Waals surface area contributed by atoms with Crippen molar-refractivity contribution in [3.05, 3.63) is 70.3 Å². The van der Waals surface area contributed by atoms with Crippen LogP contribution in [0.15, 0.2) is 42.1 Å². The van der Waals surface area contributed by atoms with Crippen LogP contribution in [0.4, 0.5) is 10.1 Å². The van der Waals surface area contributed by atoms with Gasteiger partial charge in [-0.3, -0.25) is 24.8 Å². The SMILES string of the molecule is CC=C1CC(C(=O)NC(C)c2cccc(C)c2F)N(C(=O)CNc2cnc(C3CC3)cc2C(=N)C(N)=O)C1. The fourth-order valence-electron chi connectivity index (χ4n) is 4.68. The Morgan fingerprint density at radius 1 is 1.32 bits per heavy atom. The van der Waals surface area contributed by atoms with E-state index in [4.69, 9.17) is 11.1 Å². The van der Waals surface area contributed by atoms with Crippen molar-refractivity contribution in [3.63, 3.8) is 0 Å². The standard InChI is InChI=1S/C28H33FN6O3/c1-4-17-10-23(28(38)34-16(3)19-7-5-6-15(2)25(19)29)35(14-17)24(36)13-33-22-12-32-21(18-8-9-18)11-20(22)26(30)27(31)37/h4-7,11-12,16,18,23,30,33H,8-10,13-14H2,1-3H3,(H2,31,37)(H,34,38). The molecule has 0 spiro atoms. The molecule has 1 aromatic heterocycles. The summed E-state index contributed by atoms with van der Waals surface area (Å²) in [6.07, 6.45) is 5.78. The van der Waals surface area contributed by atoms with Gasteiger partial charge in [0.15, 0.2) is 0 Å². The van der Waals surface area contributed by atoms with Gasteiger partial charge in [0.2, 0.25) is 11.8 Å². The summed E-state index contributed by atoms with van der Waals surface area (Å²) in [6.45, 7) is 5.36. The molecule has 38 heavy (non-hydrogen) atoms. The number of amides is 3. The molecule has 2 unspecified atom stereocenters. The van der Waals surface area contributed by atoms with Crippen molar-refractivity contribution in [1.29, 1.82) is 5.41 Å². The highest BCUT2D eigenvalue weighted by Gasteiger charge is 2.37. The number of rotatable bonds is 9. The van der Waals surface area contributed by atoms with Crippen LogP contribution in [-0.2, 0) is 14.4 Å². The number of carbonyl (C=O) groups is 3. The van der Waals surface area contributed by atoms with Crippen LogP contribution in [-0.4, -0.2) is 52.4 Å². The van der Waals surface area contributed by atoms with Crippen LogP contribution in [0, 0.1) is 18.2 Å². The summed E-state index contributed by atoms with van der Waals surface area (Å²) >= 11 is 0. The molecule has 1 aliphatic heterocycles. The van der Waals surface area contributed by atoms with Crippen molar-refractivity contribution in [1.82, 2.24) is 15.2 Å². The minimum absolute atomic E-state index is 0.174. The summed E-state index contributed by atoms with van der Waals surface area (Å²) in [4.78, 5) is 44.1. The summed E-state index contributed by atoms with van der Waals surface area (Å²) in [5, 5.41) is 14.0. The number of allylic oxidation sites excluding steroid dienone is 1. The average molecular weight is 521 g/mol. The average Bonchev–Trinajstić information content (AvgIpc) is 3.66. The van der Waals surface area contributed by atoms with Gasteiger partial charge in [0, 0.05) is 29.3 Å². The Morgan fingerprint density at radius 2 is 2.05 bits per heavy atom. The number of likely N-dealkylation sites (tertiary alicyclic amines) is 1. The zero-order valence-electron chi connectivity index (χ0n) is 21.8. The molecule has 1 saturated carbocycles. The second kappa shape index (κ2) is 11.1. The van der Waals surface area contributed by atoms with Crippen LogP contribution in [0.3, 0.4) is 0 Å². The van der Waals surface area contributed by atoms with Gasteiger partial charge in [0.05, 0.1) is 24.5 Å². The van der Waals surface area contributed by atoms with E-state index in [1.165, 1.54) is 11.1 Å². The molecule has 1 aliphatic carbocycles. The van der Waals surface area contributed by atoms with Crippen LogP contribution in [0.5, 0.6) is 0 Å². The number of halogens is 1. The summed E-state index contributed by atoms with van der Waals surface area (Å²) in [5.74, 6) is -1.63. The Morgan fingerprint density at radius 3 is 2.71 bits per heavy atom. The molecule has 3 amide bonds. The molecular weight excluding hydrogens is 487 g/mol. The van der Waals surface area contributed by atoms with Crippen LogP contribution < -0.4 is 16.4 Å². The molecule has 2 aliphatic rings. The third kappa shape index (κ3) is 5.74. The van der Waals surface area contributed by atoms with Crippen LogP contribution in [0.1, 0.15) is 67.5 Å². The molecule has 1 saturated heterocycles. The second-order valence-electron chi connectivity index (χ2n) is 9.92. The molecule has 0 radical (unpaired) electrons. The van der Waals surface area contributed by atoms with Gasteiger partial charge in [-0.25, -0.2) is 4.39 Å². The highest BCUT2D eigenvalue weighted by atomic mass is 19.1. The van der Waals surface area contributed by atoms with Gasteiger partial charge in [-0.2, -0.15) is 0 Å². The van der Waals surface area contributed by atoms with Crippen molar-refractivity contribution >= 4 is 29.1 Å². The number of benzene rings is 1. The van der Waals surface area contributed by atoms with E-state index in [0.29, 0.717) is 41.3 Å². The normalized spacial score (nSPS) is 18.8. The van der Waals surface area contributed by atoms with Crippen molar-refractivity contribution in [2.75, 3.05) is 18.4 Å². The van der Waals surface area contributed by atoms with E-state index in [1.807, 2.05) is 13.0 Å². The molecule has 2 aromatic rings. The number of pyridine rings is 1. The van der Waals surface area contributed by atoms with E-state index < -0.39 is 18.0 Å². The number of carbonyl (C=O) groups excluding carboxylic acids is 3. The lowest BCUT2D eigenvalue weighted by molar-refractivity contribution is -0.137. The minimum atomic E-state index is -0.875. The third-order valence-electron chi connectivity index (χ3n) is 7.15. The summed E-state index contributed by atoms with van der Waals surface area (Å²) in [7, 11) is 0. The Bertz CT molecular complexity index is 1320. The maximum absolute atomic E-state index is 14.6. The topological polar surface area (TPSA) is 141 Å². The minimum Gasteiger partial charge on any atom is -0.374 e. The predicted octanol–water partition coefficient (Wildman–Crippen LogP) is 3.10. The number of primary amides is 1. The first-order valence-corrected chi connectivity index (χ1v) is 12.7. The highest BCUT2D eigenvalue weighted by Crippen LogP contribution is 2.39. The van der Waals surface area contributed by atoms with Gasteiger partial charge in [-0.05, 0) is 51.7 Å². The second-order valence-corrected chi connectivity index (χ2v) is 9.92. The largest absolute Gasteiger partial charge is 0.374 e. The van der Waals surface area contributed by atoms with E-state index >= 15 is 0 Å². The van der Waals surface area contributed by atoms with Crippen molar-refractivity contribution in [2.45, 2.75) is 58.0 Å². The van der Waals surface area contributed by atoms with Gasteiger partial charge in [-0.15, -0.1) is 0 Å². The van der Waals surface area contributed by atoms with Gasteiger partial charge in [-0.1, -0.05) is 29.8 Å². The number of anilines is 1. The monoisotopic (exact) mass is 520 g/mol. The predicted molar refractivity (Wildman–Crippen MR) is 142 cm³/mol. The lowest BCUT2D eigenvalue weighted by Gasteiger charge is -2.26. The summed E-state index contributed by atoms with van der Waals surface area (Å²) < 4.78 is 14.6. The Labute approximate surface area is 221 Å². The van der Waals surface area contributed by atoms with Gasteiger partial charge >= 0.3 is 0 Å². The molecule has 10 heteroatoms. The zero-order chi connectivity index (χ0) is 27.6. The summed E-state index contributed by atoms with van der Waals surface area (Å²) in [6, 6.07) is 5.39. The smallest absolute Gasteiger partial charge is 0.267 e. The van der Waals surface area contributed by atoms with E-state index in [1.54, 1.807) is 38.1 Å². The number of hydrogen-bond acceptors (Lipinski definition) is 6. The molecule has 2 heterocycles. The molecular formula is C28H33FN6O3. The Balaban J connectivity index is 1.48. The van der Waals surface area contributed by atoms with Crippen LogP contribution in [0.2, 0.25) is 0 Å². The number of nitrogens with zero attached hydrogens (tertiary/aromatic N) is 2. The van der Waals surface area contributed by atoms with E-state index in [9.17, 15) is 18.8 Å². The van der Waals surface area contributed by atoms with E-state index in [0.717, 1.165) is 24.1 Å². The third-order valence-corrected chi connectivity index (χ3v) is 7.15. The Kier molecular flexibility index (Phi) is 7.89. The van der Waals surface area contributed by atoms with Crippen molar-refractivity contribution in [3.8, 4) is 0 Å². The molecule has 9 nitrogen and oxygen atoms in total. The molecule has 2 atom stereocenters. The first kappa shape index (κ1) is 27.0. The molecule has 0 bridgehead atoms. The lowest BCUT2D eigenvalue weighted by Crippen LogP contribution is -2.48. The van der Waals surface area contributed by atoms with Gasteiger partial charge in [0.25, 0.3) is 5.91 Å². The Hall–Kier alpha value is -4.08. The molecule has 4 rings (SSSR count). The quantitative estimate of drug-likeness (QED) is 0.297. The van der Waals surface area contributed by atoms with E-state index in [-0.39, 0.29) is 29.9 Å². The maximum atomic E-state index is 14.6. The first-order chi connectivity index (χ1) is 18.1. The van der Waals surface area contributed by atoms with Crippen molar-refractivity contribution in [2.24, 2.45) is 5.73 Å². The molecule has 2 fully saturated rings. The summed E-state index contributed by atoms with van der Waals surface area (Å²) in [5.41, 5.74) is 8.24.